The molecule has 6 nitrogen and oxygen atoms in total. The number of nitrogens with zero attached hydrogens (tertiary/aromatic N) is 5. The molecule has 1 aliphatic rings. The molecule has 21 heavy (non-hydrogen) atoms. The Hall–Kier alpha value is -1.66. The van der Waals surface area contributed by atoms with Crippen molar-refractivity contribution in [3.05, 3.63) is 36.1 Å². The van der Waals surface area contributed by atoms with Crippen molar-refractivity contribution in [2.45, 2.75) is 32.5 Å². The van der Waals surface area contributed by atoms with Gasteiger partial charge in [0.1, 0.15) is 11.6 Å². The van der Waals surface area contributed by atoms with Crippen LogP contribution in [-0.2, 0) is 20.1 Å². The summed E-state index contributed by atoms with van der Waals surface area (Å²) in [7, 11) is 4.20. The van der Waals surface area contributed by atoms with Crippen LogP contribution in [0.5, 0.6) is 0 Å². The lowest BCUT2D eigenvalue weighted by Crippen LogP contribution is -2.34. The molecule has 6 heteroatoms. The topological polar surface area (TPSA) is 50.3 Å². The van der Waals surface area contributed by atoms with Crippen LogP contribution in [0.1, 0.15) is 23.9 Å². The van der Waals surface area contributed by atoms with Crippen molar-refractivity contribution < 1.29 is 4.42 Å². The summed E-state index contributed by atoms with van der Waals surface area (Å²) in [5, 5.41) is 0. The van der Waals surface area contributed by atoms with Gasteiger partial charge in [-0.05, 0) is 20.4 Å². The van der Waals surface area contributed by atoms with Crippen LogP contribution in [0, 0.1) is 6.92 Å². The number of likely N-dealkylation sites (N-methyl/N-ethyl adjacent to an activating group) is 1. The fourth-order valence-corrected chi connectivity index (χ4v) is 2.88. The molecule has 0 aliphatic carbocycles. The van der Waals surface area contributed by atoms with Crippen LogP contribution in [0.25, 0.3) is 0 Å². The highest BCUT2D eigenvalue weighted by molar-refractivity contribution is 4.95. The number of aryl methyl sites for hydroxylation is 2. The first-order valence-electron chi connectivity index (χ1n) is 7.42. The second kappa shape index (κ2) is 5.99. The van der Waals surface area contributed by atoms with E-state index in [0.29, 0.717) is 6.04 Å². The molecule has 3 rings (SSSR count). The lowest BCUT2D eigenvalue weighted by molar-refractivity contribution is 0.203. The molecule has 0 N–H and O–H groups in total. The number of likely N-dealkylation sites (tertiary alicyclic amines) is 1. The van der Waals surface area contributed by atoms with Crippen LogP contribution in [0.15, 0.2) is 23.0 Å². The molecule has 0 saturated carbocycles. The monoisotopic (exact) mass is 289 g/mol. The Balaban J connectivity index is 1.53. The molecule has 2 aromatic rings. The summed E-state index contributed by atoms with van der Waals surface area (Å²) >= 11 is 0. The van der Waals surface area contributed by atoms with Gasteiger partial charge in [0.2, 0.25) is 5.89 Å². The summed E-state index contributed by atoms with van der Waals surface area (Å²) in [6.45, 7) is 5.82. The maximum Gasteiger partial charge on any atom is 0.208 e. The van der Waals surface area contributed by atoms with Gasteiger partial charge in [-0.15, -0.1) is 0 Å². The first-order chi connectivity index (χ1) is 10.1. The Bertz CT molecular complexity index is 590. The van der Waals surface area contributed by atoms with Crippen molar-refractivity contribution in [2.75, 3.05) is 20.1 Å². The molecule has 1 fully saturated rings. The van der Waals surface area contributed by atoms with E-state index in [1.165, 1.54) is 6.42 Å². The van der Waals surface area contributed by atoms with E-state index in [9.17, 15) is 0 Å². The molecule has 114 valence electrons. The highest BCUT2D eigenvalue weighted by Gasteiger charge is 2.27. The van der Waals surface area contributed by atoms with Gasteiger partial charge < -0.3 is 8.98 Å². The van der Waals surface area contributed by atoms with Gasteiger partial charge in [-0.3, -0.25) is 9.80 Å². The van der Waals surface area contributed by atoms with Gasteiger partial charge in [0, 0.05) is 38.6 Å². The van der Waals surface area contributed by atoms with Gasteiger partial charge in [0.15, 0.2) is 0 Å². The molecule has 1 saturated heterocycles. The number of imidazole rings is 1. The third-order valence-corrected chi connectivity index (χ3v) is 4.21. The molecule has 1 aliphatic heterocycles. The van der Waals surface area contributed by atoms with Gasteiger partial charge in [-0.1, -0.05) is 0 Å². The SMILES string of the molecule is Cc1cnc(CN(C)[C@@H]2CCN(Cc3nccn3C)C2)o1. The van der Waals surface area contributed by atoms with Gasteiger partial charge in [-0.2, -0.15) is 0 Å². The van der Waals surface area contributed by atoms with Crippen LogP contribution in [0.2, 0.25) is 0 Å². The summed E-state index contributed by atoms with van der Waals surface area (Å²) in [4.78, 5) is 13.5. The molecule has 2 aromatic heterocycles. The Labute approximate surface area is 125 Å². The minimum Gasteiger partial charge on any atom is -0.445 e. The fraction of sp³-hybridized carbons (Fsp3) is 0.600. The summed E-state index contributed by atoms with van der Waals surface area (Å²) < 4.78 is 7.65. The summed E-state index contributed by atoms with van der Waals surface area (Å²) in [5.74, 6) is 2.81. The molecule has 0 unspecified atom stereocenters. The summed E-state index contributed by atoms with van der Waals surface area (Å²) in [6, 6.07) is 0.553. The van der Waals surface area contributed by atoms with E-state index in [-0.39, 0.29) is 0 Å². The maximum absolute atomic E-state index is 5.56. The molecule has 0 amide bonds. The highest BCUT2D eigenvalue weighted by Crippen LogP contribution is 2.18. The first kappa shape index (κ1) is 14.3. The van der Waals surface area contributed by atoms with Crippen LogP contribution in [0.3, 0.4) is 0 Å². The summed E-state index contributed by atoms with van der Waals surface area (Å²) in [5.41, 5.74) is 0. The third-order valence-electron chi connectivity index (χ3n) is 4.21. The molecular weight excluding hydrogens is 266 g/mol. The predicted octanol–water partition coefficient (Wildman–Crippen LogP) is 1.42. The second-order valence-corrected chi connectivity index (χ2v) is 5.91. The van der Waals surface area contributed by atoms with Crippen LogP contribution >= 0.6 is 0 Å². The van der Waals surface area contributed by atoms with Gasteiger partial charge in [0.05, 0.1) is 19.3 Å². The Morgan fingerprint density at radius 3 is 2.95 bits per heavy atom. The minimum atomic E-state index is 0.553. The van der Waals surface area contributed by atoms with E-state index in [1.807, 2.05) is 26.4 Å². The van der Waals surface area contributed by atoms with Crippen molar-refractivity contribution in [3.63, 3.8) is 0 Å². The van der Waals surface area contributed by atoms with Gasteiger partial charge in [-0.25, -0.2) is 9.97 Å². The number of rotatable bonds is 5. The van der Waals surface area contributed by atoms with Gasteiger partial charge >= 0.3 is 0 Å². The quantitative estimate of drug-likeness (QED) is 0.833. The molecule has 0 radical (unpaired) electrons. The molecule has 0 bridgehead atoms. The van der Waals surface area contributed by atoms with E-state index < -0.39 is 0 Å². The van der Waals surface area contributed by atoms with E-state index in [1.54, 1.807) is 6.20 Å². The van der Waals surface area contributed by atoms with Crippen LogP contribution < -0.4 is 0 Å². The number of hydrogen-bond acceptors (Lipinski definition) is 5. The first-order valence-corrected chi connectivity index (χ1v) is 7.42. The third kappa shape index (κ3) is 3.33. The molecular formula is C15H23N5O. The zero-order chi connectivity index (χ0) is 14.8. The zero-order valence-electron chi connectivity index (χ0n) is 13.0. The number of aromatic nitrogens is 3. The van der Waals surface area contributed by atoms with E-state index in [4.69, 9.17) is 4.42 Å². The van der Waals surface area contributed by atoms with Crippen molar-refractivity contribution in [1.29, 1.82) is 0 Å². The maximum atomic E-state index is 5.56. The number of hydrogen-bond donors (Lipinski definition) is 0. The molecule has 3 heterocycles. The van der Waals surface area contributed by atoms with Crippen molar-refractivity contribution >= 4 is 0 Å². The highest BCUT2D eigenvalue weighted by atomic mass is 16.4. The Kier molecular flexibility index (Phi) is 4.07. The average Bonchev–Trinajstić information content (AvgIpc) is 3.14. The molecule has 1 atom stereocenters. The average molecular weight is 289 g/mol. The fourth-order valence-electron chi connectivity index (χ4n) is 2.88. The van der Waals surface area contributed by atoms with E-state index >= 15 is 0 Å². The lowest BCUT2D eigenvalue weighted by atomic mass is 10.2. The number of oxazole rings is 1. The molecule has 0 aromatic carbocycles. The Morgan fingerprint density at radius 1 is 1.43 bits per heavy atom. The second-order valence-electron chi connectivity index (χ2n) is 5.91. The minimum absolute atomic E-state index is 0.553. The van der Waals surface area contributed by atoms with Crippen molar-refractivity contribution in [1.82, 2.24) is 24.3 Å². The van der Waals surface area contributed by atoms with Crippen LogP contribution in [-0.4, -0.2) is 50.5 Å². The van der Waals surface area contributed by atoms with Crippen molar-refractivity contribution in [3.8, 4) is 0 Å². The van der Waals surface area contributed by atoms with Crippen LogP contribution in [0.4, 0.5) is 0 Å². The standard InChI is InChI=1S/C15H23N5O/c1-12-8-17-15(21-12)11-19(3)13-4-6-20(9-13)10-14-16-5-7-18(14)2/h5,7-8,13H,4,6,9-11H2,1-3H3/t13-/m1/s1. The van der Waals surface area contributed by atoms with E-state index in [0.717, 1.165) is 43.7 Å². The largest absolute Gasteiger partial charge is 0.445 e. The smallest absolute Gasteiger partial charge is 0.208 e. The summed E-state index contributed by atoms with van der Waals surface area (Å²) in [6.07, 6.45) is 6.83. The lowest BCUT2D eigenvalue weighted by Gasteiger charge is -2.23. The Morgan fingerprint density at radius 2 is 2.29 bits per heavy atom. The zero-order valence-corrected chi connectivity index (χ0v) is 13.0. The van der Waals surface area contributed by atoms with Crippen molar-refractivity contribution in [2.24, 2.45) is 7.05 Å². The van der Waals surface area contributed by atoms with E-state index in [2.05, 4.69) is 31.4 Å². The predicted molar refractivity (Wildman–Crippen MR) is 79.6 cm³/mol. The molecule has 0 spiro atoms. The normalized spacial score (nSPS) is 19.7. The van der Waals surface area contributed by atoms with Gasteiger partial charge in [0.25, 0.3) is 0 Å².